The highest BCUT2D eigenvalue weighted by atomic mass is 16.2. The molecule has 2 aromatic carbocycles. The van der Waals surface area contributed by atoms with Gasteiger partial charge in [-0.05, 0) is 80.9 Å². The summed E-state index contributed by atoms with van der Waals surface area (Å²) in [5, 5.41) is 12.0. The van der Waals surface area contributed by atoms with Crippen molar-refractivity contribution in [1.82, 2.24) is 26.2 Å². The van der Waals surface area contributed by atoms with Crippen LogP contribution in [-0.4, -0.2) is 90.7 Å². The van der Waals surface area contributed by atoms with Gasteiger partial charge in [-0.3, -0.25) is 24.0 Å². The molecule has 1 heterocycles. The maximum atomic E-state index is 14.0. The Labute approximate surface area is 316 Å². The highest BCUT2D eigenvalue weighted by molar-refractivity contribution is 5.94. The number of hydrogen-bond acceptors (Lipinski definition) is 8. The zero-order chi connectivity index (χ0) is 39.0. The average molecular weight is 734 g/mol. The number of piperidine rings is 1. The van der Waals surface area contributed by atoms with Gasteiger partial charge < -0.3 is 37.6 Å². The lowest BCUT2D eigenvalue weighted by atomic mass is 9.85. The van der Waals surface area contributed by atoms with Crippen LogP contribution >= 0.6 is 0 Å². The molecule has 0 aliphatic carbocycles. The van der Waals surface area contributed by atoms with Gasteiger partial charge in [-0.1, -0.05) is 88.4 Å². The minimum Gasteiger partial charge on any atom is -0.343 e. The van der Waals surface area contributed by atoms with Gasteiger partial charge in [-0.25, -0.2) is 0 Å². The van der Waals surface area contributed by atoms with Crippen LogP contribution in [0, 0.1) is 11.8 Å². The molecule has 0 saturated carbocycles. The van der Waals surface area contributed by atoms with Gasteiger partial charge in [0.1, 0.15) is 23.9 Å². The summed E-state index contributed by atoms with van der Waals surface area (Å²) >= 11 is 0. The zero-order valence-corrected chi connectivity index (χ0v) is 32.4. The van der Waals surface area contributed by atoms with Gasteiger partial charge >= 0.3 is 0 Å². The number of amides is 4. The molecule has 0 aromatic heterocycles. The quantitative estimate of drug-likeness (QED) is 0.106. The Morgan fingerprint density at radius 3 is 1.94 bits per heavy atom. The van der Waals surface area contributed by atoms with E-state index >= 15 is 0 Å². The number of nitrogens with zero attached hydrogens (tertiary/aromatic N) is 1. The number of benzene rings is 2. The standard InChI is InChI=1S/C41H63N7O5/c1-28(2)24-35(38(51)46-34(18-12-13-21-42)40(53)48-22-19-41(43,20-23-48)30(5)49)47-39(52)36(25-31-14-8-6-9-15-31)45-37(50)27-44-26-33(29(3)4)32-16-10-7-11-17-32/h6-11,14-17,28-29,33-36,44H,12-13,18-27,42-43H2,1-5H3,(H,45,50)(H,46,51)(H,47,52)/t33-,34-,35-,36-/m1/s1. The molecule has 0 bridgehead atoms. The second-order valence-corrected chi connectivity index (χ2v) is 15.3. The second kappa shape index (κ2) is 21.5. The summed E-state index contributed by atoms with van der Waals surface area (Å²) in [5.41, 5.74) is 13.1. The molecular formula is C41H63N7O5. The van der Waals surface area contributed by atoms with Gasteiger partial charge in [0, 0.05) is 26.1 Å². The predicted octanol–water partition coefficient (Wildman–Crippen LogP) is 2.80. The lowest BCUT2D eigenvalue weighted by Gasteiger charge is -2.39. The number of nitrogens with two attached hydrogens (primary N) is 2. The Morgan fingerprint density at radius 1 is 0.792 bits per heavy atom. The fourth-order valence-corrected chi connectivity index (χ4v) is 6.78. The van der Waals surface area contributed by atoms with Crippen LogP contribution in [0.15, 0.2) is 60.7 Å². The third kappa shape index (κ3) is 14.0. The van der Waals surface area contributed by atoms with Crippen LogP contribution in [0.2, 0.25) is 0 Å². The Balaban J connectivity index is 1.73. The van der Waals surface area contributed by atoms with Crippen LogP contribution in [0.1, 0.15) is 90.2 Å². The van der Waals surface area contributed by atoms with Crippen molar-refractivity contribution in [3.8, 4) is 0 Å². The maximum absolute atomic E-state index is 14.0. The third-order valence-electron chi connectivity index (χ3n) is 10.2. The minimum absolute atomic E-state index is 0.0192. The largest absolute Gasteiger partial charge is 0.343 e. The first-order chi connectivity index (χ1) is 25.2. The summed E-state index contributed by atoms with van der Waals surface area (Å²) < 4.78 is 0. The first kappa shape index (κ1) is 43.3. The fourth-order valence-electron chi connectivity index (χ4n) is 6.78. The van der Waals surface area contributed by atoms with Crippen molar-refractivity contribution in [2.75, 3.05) is 32.7 Å². The van der Waals surface area contributed by atoms with Crippen molar-refractivity contribution in [3.63, 3.8) is 0 Å². The van der Waals surface area contributed by atoms with Gasteiger partial charge in [-0.2, -0.15) is 0 Å². The Hall–Kier alpha value is -4.13. The van der Waals surface area contributed by atoms with Crippen LogP contribution in [0.25, 0.3) is 0 Å². The summed E-state index contributed by atoms with van der Waals surface area (Å²) in [6.45, 7) is 11.4. The molecule has 4 amide bonds. The van der Waals surface area contributed by atoms with E-state index in [1.165, 1.54) is 12.5 Å². The van der Waals surface area contributed by atoms with Crippen molar-refractivity contribution in [2.24, 2.45) is 23.3 Å². The molecule has 0 radical (unpaired) electrons. The molecule has 12 nitrogen and oxygen atoms in total. The van der Waals surface area contributed by atoms with Crippen LogP contribution in [0.5, 0.6) is 0 Å². The smallest absolute Gasteiger partial charge is 0.245 e. The van der Waals surface area contributed by atoms with E-state index in [9.17, 15) is 24.0 Å². The van der Waals surface area contributed by atoms with Gasteiger partial charge in [0.05, 0.1) is 12.1 Å². The minimum atomic E-state index is -0.956. The van der Waals surface area contributed by atoms with Crippen LogP contribution in [0.3, 0.4) is 0 Å². The highest BCUT2D eigenvalue weighted by Crippen LogP contribution is 2.24. The van der Waals surface area contributed by atoms with E-state index in [1.54, 1.807) is 4.90 Å². The van der Waals surface area contributed by atoms with Crippen molar-refractivity contribution >= 4 is 29.4 Å². The van der Waals surface area contributed by atoms with E-state index in [4.69, 9.17) is 11.5 Å². The summed E-state index contributed by atoms with van der Waals surface area (Å²) in [6, 6.07) is 16.8. The summed E-state index contributed by atoms with van der Waals surface area (Å²) in [5.74, 6) is -1.06. The molecule has 3 rings (SSSR count). The van der Waals surface area contributed by atoms with E-state index in [-0.39, 0.29) is 42.4 Å². The molecule has 2 aromatic rings. The van der Waals surface area contributed by atoms with Crippen molar-refractivity contribution in [1.29, 1.82) is 0 Å². The Bertz CT molecular complexity index is 1460. The number of carbonyl (C=O) groups is 5. The van der Waals surface area contributed by atoms with Gasteiger partial charge in [0.25, 0.3) is 0 Å². The predicted molar refractivity (Wildman–Crippen MR) is 209 cm³/mol. The average Bonchev–Trinajstić information content (AvgIpc) is 3.12. The molecule has 1 fully saturated rings. The normalized spacial score (nSPS) is 16.4. The Kier molecular flexibility index (Phi) is 17.6. The molecule has 1 aliphatic rings. The molecule has 0 unspecified atom stereocenters. The SMILES string of the molecule is CC(=O)C1(N)CCN(C(=O)[C@@H](CCCCN)NC(=O)[C@@H](CC(C)C)NC(=O)[C@@H](Cc2ccccc2)NC(=O)CNC[C@@H](c2ccccc2)C(C)C)CC1. The molecule has 0 spiro atoms. The van der Waals surface area contributed by atoms with Crippen molar-refractivity contribution < 1.29 is 24.0 Å². The molecule has 292 valence electrons. The molecule has 8 N–H and O–H groups in total. The van der Waals surface area contributed by atoms with Gasteiger partial charge in [0.15, 0.2) is 0 Å². The number of nitrogens with one attached hydrogen (secondary N) is 4. The van der Waals surface area contributed by atoms with Crippen molar-refractivity contribution in [2.45, 2.75) is 109 Å². The molecular weight excluding hydrogens is 670 g/mol. The topological polar surface area (TPSA) is 189 Å². The lowest BCUT2D eigenvalue weighted by Crippen LogP contribution is -2.60. The highest BCUT2D eigenvalue weighted by Gasteiger charge is 2.38. The van der Waals surface area contributed by atoms with E-state index in [0.29, 0.717) is 70.6 Å². The van der Waals surface area contributed by atoms with E-state index in [0.717, 1.165) is 5.56 Å². The monoisotopic (exact) mass is 733 g/mol. The molecule has 4 atom stereocenters. The fraction of sp³-hybridized carbons (Fsp3) is 0.585. The first-order valence-corrected chi connectivity index (χ1v) is 19.2. The van der Waals surface area contributed by atoms with E-state index in [2.05, 4.69) is 47.2 Å². The number of likely N-dealkylation sites (tertiary alicyclic amines) is 1. The first-order valence-electron chi connectivity index (χ1n) is 19.2. The Morgan fingerprint density at radius 2 is 1.38 bits per heavy atom. The molecule has 53 heavy (non-hydrogen) atoms. The van der Waals surface area contributed by atoms with Crippen LogP contribution in [-0.2, 0) is 30.4 Å². The molecule has 12 heteroatoms. The number of carbonyl (C=O) groups excluding carboxylic acids is 5. The summed E-state index contributed by atoms with van der Waals surface area (Å²) in [6.07, 6.45) is 2.93. The maximum Gasteiger partial charge on any atom is 0.245 e. The zero-order valence-electron chi connectivity index (χ0n) is 32.4. The summed E-state index contributed by atoms with van der Waals surface area (Å²) in [4.78, 5) is 68.7. The number of hydrogen-bond donors (Lipinski definition) is 6. The van der Waals surface area contributed by atoms with Crippen molar-refractivity contribution in [3.05, 3.63) is 71.8 Å². The van der Waals surface area contributed by atoms with Gasteiger partial charge in [0.2, 0.25) is 23.6 Å². The van der Waals surface area contributed by atoms with Gasteiger partial charge in [-0.15, -0.1) is 0 Å². The van der Waals surface area contributed by atoms with Crippen LogP contribution < -0.4 is 32.7 Å². The van der Waals surface area contributed by atoms with Crippen LogP contribution in [0.4, 0.5) is 0 Å². The molecule has 1 saturated heterocycles. The second-order valence-electron chi connectivity index (χ2n) is 15.3. The van der Waals surface area contributed by atoms with E-state index in [1.807, 2.05) is 62.4 Å². The lowest BCUT2D eigenvalue weighted by molar-refractivity contribution is -0.140. The van der Waals surface area contributed by atoms with E-state index < -0.39 is 35.5 Å². The third-order valence-corrected chi connectivity index (χ3v) is 10.2. The number of Topliss-reactive ketones (excluding diaryl/α,β-unsaturated/α-hetero) is 1. The number of unbranched alkanes of at least 4 members (excludes halogenated alkanes) is 1. The number of ketones is 1. The molecule has 1 aliphatic heterocycles. The number of rotatable bonds is 21. The summed E-state index contributed by atoms with van der Waals surface area (Å²) in [7, 11) is 0.